The van der Waals surface area contributed by atoms with Crippen LogP contribution in [-0.4, -0.2) is 14.5 Å². The molecule has 0 saturated carbocycles. The molecule has 0 aliphatic rings. The first-order chi connectivity index (χ1) is 10.3. The highest BCUT2D eigenvalue weighted by Gasteiger charge is 2.11. The summed E-state index contributed by atoms with van der Waals surface area (Å²) in [6.07, 6.45) is 1.79. The number of pyridine rings is 1. The molecule has 102 valence electrons. The Morgan fingerprint density at radius 1 is 1.05 bits per heavy atom. The molecule has 0 radical (unpaired) electrons. The highest BCUT2D eigenvalue weighted by Crippen LogP contribution is 2.28. The number of nitrogens with one attached hydrogen (secondary N) is 1. The number of rotatable bonds is 1. The highest BCUT2D eigenvalue weighted by molar-refractivity contribution is 7.71. The average Bonchev–Trinajstić information content (AvgIpc) is 2.84. The van der Waals surface area contributed by atoms with Gasteiger partial charge in [-0.25, -0.2) is 0 Å². The van der Waals surface area contributed by atoms with E-state index in [0.717, 1.165) is 27.6 Å². The Hall–Kier alpha value is -2.17. The summed E-state index contributed by atoms with van der Waals surface area (Å²) in [4.78, 5) is 7.58. The van der Waals surface area contributed by atoms with E-state index < -0.39 is 0 Å². The number of hydrogen-bond acceptors (Lipinski definition) is 2. The number of fused-ring (bicyclic) bond motifs is 2. The van der Waals surface area contributed by atoms with Crippen LogP contribution in [0.3, 0.4) is 0 Å². The molecule has 1 N–H and O–H groups in total. The fourth-order valence-electron chi connectivity index (χ4n) is 2.62. The lowest BCUT2D eigenvalue weighted by Crippen LogP contribution is -1.95. The summed E-state index contributed by atoms with van der Waals surface area (Å²) in [6, 6.07) is 15.8. The number of aromatic nitrogens is 3. The summed E-state index contributed by atoms with van der Waals surface area (Å²) in [5.41, 5.74) is 3.75. The minimum absolute atomic E-state index is 0.620. The predicted molar refractivity (Wildman–Crippen MR) is 88.8 cm³/mol. The van der Waals surface area contributed by atoms with Gasteiger partial charge < -0.3 is 4.98 Å². The topological polar surface area (TPSA) is 33.6 Å². The minimum atomic E-state index is 0.620. The van der Waals surface area contributed by atoms with Crippen LogP contribution >= 0.6 is 23.8 Å². The molecule has 0 aliphatic heterocycles. The van der Waals surface area contributed by atoms with Crippen LogP contribution in [0.25, 0.3) is 27.6 Å². The molecule has 5 heteroatoms. The Morgan fingerprint density at radius 2 is 1.90 bits per heavy atom. The van der Waals surface area contributed by atoms with Crippen LogP contribution in [0.15, 0.2) is 54.7 Å². The number of benzene rings is 2. The lowest BCUT2D eigenvalue weighted by molar-refractivity contribution is 1.07. The second-order valence-corrected chi connectivity index (χ2v) is 5.54. The van der Waals surface area contributed by atoms with Gasteiger partial charge in [-0.15, -0.1) is 0 Å². The fourth-order valence-corrected chi connectivity index (χ4v) is 3.13. The second-order valence-electron chi connectivity index (χ2n) is 4.75. The van der Waals surface area contributed by atoms with Crippen molar-refractivity contribution in [3.63, 3.8) is 0 Å². The SMILES string of the molecule is S=c1[nH]c2c(Cl)cccc2n1-c1cccc2ncccc12. The molecule has 0 fully saturated rings. The van der Waals surface area contributed by atoms with Crippen LogP contribution in [0.4, 0.5) is 0 Å². The van der Waals surface area contributed by atoms with Crippen LogP contribution in [0.5, 0.6) is 0 Å². The van der Waals surface area contributed by atoms with E-state index in [0.29, 0.717) is 9.79 Å². The van der Waals surface area contributed by atoms with Gasteiger partial charge in [0.2, 0.25) is 0 Å². The van der Waals surface area contributed by atoms with Crippen molar-refractivity contribution in [2.75, 3.05) is 0 Å². The molecule has 0 atom stereocenters. The first-order valence-electron chi connectivity index (χ1n) is 6.49. The first-order valence-corrected chi connectivity index (χ1v) is 7.28. The smallest absolute Gasteiger partial charge is 0.182 e. The largest absolute Gasteiger partial charge is 0.329 e. The van der Waals surface area contributed by atoms with Crippen molar-refractivity contribution in [2.24, 2.45) is 0 Å². The third-order valence-electron chi connectivity index (χ3n) is 3.53. The van der Waals surface area contributed by atoms with Gasteiger partial charge in [0.05, 0.1) is 27.3 Å². The normalized spacial score (nSPS) is 11.3. The maximum absolute atomic E-state index is 6.24. The number of nitrogens with zero attached hydrogens (tertiary/aromatic N) is 2. The van der Waals surface area contributed by atoms with Crippen LogP contribution in [0.1, 0.15) is 0 Å². The molecule has 21 heavy (non-hydrogen) atoms. The summed E-state index contributed by atoms with van der Waals surface area (Å²) in [7, 11) is 0. The molecule has 0 bridgehead atoms. The van der Waals surface area contributed by atoms with Gasteiger partial charge in [-0.3, -0.25) is 9.55 Å². The summed E-state index contributed by atoms with van der Waals surface area (Å²) in [5, 5.41) is 1.72. The molecule has 2 aromatic heterocycles. The number of imidazole rings is 1. The molecule has 0 spiro atoms. The maximum Gasteiger partial charge on any atom is 0.182 e. The van der Waals surface area contributed by atoms with E-state index in [2.05, 4.69) is 9.97 Å². The molecule has 0 aliphatic carbocycles. The number of H-pyrrole nitrogens is 1. The van der Waals surface area contributed by atoms with E-state index in [1.165, 1.54) is 0 Å². The number of halogens is 1. The number of aromatic amines is 1. The minimum Gasteiger partial charge on any atom is -0.329 e. The Bertz CT molecular complexity index is 1030. The van der Waals surface area contributed by atoms with E-state index in [1.807, 2.05) is 53.1 Å². The van der Waals surface area contributed by atoms with Gasteiger partial charge in [0, 0.05) is 11.6 Å². The van der Waals surface area contributed by atoms with Crippen molar-refractivity contribution in [3.05, 3.63) is 64.5 Å². The lowest BCUT2D eigenvalue weighted by atomic mass is 10.1. The van der Waals surface area contributed by atoms with Gasteiger partial charge in [-0.05, 0) is 48.6 Å². The molecule has 4 rings (SSSR count). The highest BCUT2D eigenvalue weighted by atomic mass is 35.5. The van der Waals surface area contributed by atoms with Crippen molar-refractivity contribution in [1.29, 1.82) is 0 Å². The van der Waals surface area contributed by atoms with E-state index in [-0.39, 0.29) is 0 Å². The average molecular weight is 312 g/mol. The van der Waals surface area contributed by atoms with Crippen LogP contribution < -0.4 is 0 Å². The quantitative estimate of drug-likeness (QED) is 0.508. The molecule has 3 nitrogen and oxygen atoms in total. The van der Waals surface area contributed by atoms with Crippen LogP contribution in [0, 0.1) is 4.77 Å². The van der Waals surface area contributed by atoms with E-state index >= 15 is 0 Å². The zero-order valence-electron chi connectivity index (χ0n) is 10.9. The van der Waals surface area contributed by atoms with Gasteiger partial charge in [-0.1, -0.05) is 23.7 Å². The van der Waals surface area contributed by atoms with Crippen molar-refractivity contribution < 1.29 is 0 Å². The van der Waals surface area contributed by atoms with E-state index in [9.17, 15) is 0 Å². The maximum atomic E-state index is 6.24. The zero-order chi connectivity index (χ0) is 14.4. The lowest BCUT2D eigenvalue weighted by Gasteiger charge is -2.08. The van der Waals surface area contributed by atoms with Crippen molar-refractivity contribution >= 4 is 45.8 Å². The van der Waals surface area contributed by atoms with E-state index in [1.54, 1.807) is 6.20 Å². The van der Waals surface area contributed by atoms with Gasteiger partial charge in [0.15, 0.2) is 4.77 Å². The van der Waals surface area contributed by atoms with Crippen molar-refractivity contribution in [3.8, 4) is 5.69 Å². The zero-order valence-corrected chi connectivity index (χ0v) is 12.4. The molecule has 2 aromatic carbocycles. The standard InChI is InChI=1S/C16H10ClN3S/c17-11-5-1-8-14-15(11)19-16(21)20(14)13-7-2-6-12-10(13)4-3-9-18-12/h1-9H,(H,19,21). The van der Waals surface area contributed by atoms with Gasteiger partial charge in [0.25, 0.3) is 0 Å². The third kappa shape index (κ3) is 1.87. The number of hydrogen-bond donors (Lipinski definition) is 1. The Labute approximate surface area is 130 Å². The molecule has 0 unspecified atom stereocenters. The Morgan fingerprint density at radius 3 is 2.81 bits per heavy atom. The van der Waals surface area contributed by atoms with Gasteiger partial charge >= 0.3 is 0 Å². The molecular formula is C16H10ClN3S. The van der Waals surface area contributed by atoms with E-state index in [4.69, 9.17) is 23.8 Å². The van der Waals surface area contributed by atoms with Gasteiger partial charge in [-0.2, -0.15) is 0 Å². The van der Waals surface area contributed by atoms with Crippen molar-refractivity contribution in [1.82, 2.24) is 14.5 Å². The number of para-hydroxylation sites is 1. The van der Waals surface area contributed by atoms with Gasteiger partial charge in [0.1, 0.15) is 0 Å². The summed E-state index contributed by atoms with van der Waals surface area (Å²) in [5.74, 6) is 0. The summed E-state index contributed by atoms with van der Waals surface area (Å²) in [6.45, 7) is 0. The molecule has 0 saturated heterocycles. The van der Waals surface area contributed by atoms with Crippen LogP contribution in [-0.2, 0) is 0 Å². The molecule has 0 amide bonds. The second kappa shape index (κ2) is 4.69. The Kier molecular flexibility index (Phi) is 2.80. The Balaban J connectivity index is 2.17. The van der Waals surface area contributed by atoms with Crippen molar-refractivity contribution in [2.45, 2.75) is 0 Å². The first kappa shape index (κ1) is 12.6. The fraction of sp³-hybridized carbons (Fsp3) is 0. The third-order valence-corrected chi connectivity index (χ3v) is 4.13. The predicted octanol–water partition coefficient (Wildman–Crippen LogP) is 4.89. The molecule has 4 aromatic rings. The molecular weight excluding hydrogens is 302 g/mol. The van der Waals surface area contributed by atoms with Crippen LogP contribution in [0.2, 0.25) is 5.02 Å². The summed E-state index contributed by atoms with van der Waals surface area (Å²) >= 11 is 11.7. The summed E-state index contributed by atoms with van der Waals surface area (Å²) < 4.78 is 2.62. The molecule has 2 heterocycles. The monoisotopic (exact) mass is 311 g/mol.